The van der Waals surface area contributed by atoms with Gasteiger partial charge in [0.15, 0.2) is 19.7 Å². The molecule has 0 radical (unpaired) electrons. The van der Waals surface area contributed by atoms with E-state index in [0.29, 0.717) is 103 Å². The van der Waals surface area contributed by atoms with Gasteiger partial charge in [0.25, 0.3) is 0 Å². The van der Waals surface area contributed by atoms with E-state index in [1.807, 2.05) is 0 Å². The topological polar surface area (TPSA) is 256 Å². The van der Waals surface area contributed by atoms with Gasteiger partial charge >= 0.3 is 24.2 Å². The SMILES string of the molecule is CC1CCC(NC(=O)NC2CCC(S(=O)(=O)C3CCC(N)CC3)CC2)CC1NC(=O)NC1CCC(S(=O)(=O)C2CCC(NC(=O)NC3CCC(C)C(NC(=O)OC4CCCCC4)C3)CC2)CC1. The van der Waals surface area contributed by atoms with Gasteiger partial charge in [-0.15, -0.1) is 0 Å². The number of carbonyl (C=O) groups is 4. The summed E-state index contributed by atoms with van der Waals surface area (Å²) in [5.41, 5.74) is 6.01. The van der Waals surface area contributed by atoms with Crippen molar-refractivity contribution in [1.29, 1.82) is 0 Å². The van der Waals surface area contributed by atoms with Gasteiger partial charge in [-0.05, 0) is 179 Å². The quantitative estimate of drug-likeness (QED) is 0.112. The molecule has 0 bridgehead atoms. The standard InChI is InChI=1S/C48H84N8O9S2/c1-30-8-12-36(53-45(57)50-33-14-22-40(23-15-33)66(61,62)39-20-10-32(49)11-21-39)28-43(30)55-47(59)52-35-18-26-42(27-19-35)67(63,64)41-24-16-34(17-25-41)51-46(58)54-37-13-9-31(2)44(29-37)56-48(60)65-38-6-4-3-5-7-38/h30-44H,3-29,49H2,1-2H3,(H,56,60)(H2,50,53,57)(H2,51,54,58)(H2,52,55,59). The molecule has 9 N–H and O–H groups in total. The Hall–Kier alpha value is -3.06. The molecule has 382 valence electrons. The summed E-state index contributed by atoms with van der Waals surface area (Å²) in [6.45, 7) is 4.23. The number of carbonyl (C=O) groups excluding carboxylic acids is 4. The first-order chi connectivity index (χ1) is 32.0. The molecular weight excluding hydrogens is 897 g/mol. The first-order valence-electron chi connectivity index (χ1n) is 26.4. The minimum absolute atomic E-state index is 0.0101. The number of sulfone groups is 2. The highest BCUT2D eigenvalue weighted by atomic mass is 32.2. The summed E-state index contributed by atoms with van der Waals surface area (Å²) in [5.74, 6) is 0.511. The number of rotatable bonds is 12. The van der Waals surface area contributed by atoms with Crippen molar-refractivity contribution in [3.63, 3.8) is 0 Å². The molecule has 67 heavy (non-hydrogen) atoms. The molecule has 7 aliphatic carbocycles. The van der Waals surface area contributed by atoms with E-state index in [1.54, 1.807) is 0 Å². The average molecular weight is 981 g/mol. The van der Waals surface area contributed by atoms with Gasteiger partial charge in [-0.2, -0.15) is 0 Å². The summed E-state index contributed by atoms with van der Waals surface area (Å²) in [4.78, 5) is 52.1. The van der Waals surface area contributed by atoms with E-state index in [0.717, 1.165) is 64.2 Å². The van der Waals surface area contributed by atoms with Crippen LogP contribution >= 0.6 is 0 Å². The minimum Gasteiger partial charge on any atom is -0.446 e. The second-order valence-electron chi connectivity index (χ2n) is 22.0. The third-order valence-corrected chi connectivity index (χ3v) is 22.7. The zero-order valence-corrected chi connectivity index (χ0v) is 42.0. The lowest BCUT2D eigenvalue weighted by molar-refractivity contribution is 0.0683. The Kier molecular flexibility index (Phi) is 18.3. The van der Waals surface area contributed by atoms with Crippen LogP contribution in [0.15, 0.2) is 0 Å². The van der Waals surface area contributed by atoms with Crippen molar-refractivity contribution < 1.29 is 40.8 Å². The molecule has 0 aromatic carbocycles. The van der Waals surface area contributed by atoms with Crippen LogP contribution < -0.4 is 43.0 Å². The molecule has 0 aromatic rings. The summed E-state index contributed by atoms with van der Waals surface area (Å²) in [5, 5.41) is 20.2. The van der Waals surface area contributed by atoms with Gasteiger partial charge < -0.3 is 47.7 Å². The van der Waals surface area contributed by atoms with Crippen molar-refractivity contribution >= 4 is 43.9 Å². The van der Waals surface area contributed by atoms with Crippen LogP contribution in [-0.4, -0.2) is 116 Å². The van der Waals surface area contributed by atoms with E-state index in [1.165, 1.54) is 6.42 Å². The van der Waals surface area contributed by atoms with Gasteiger partial charge in [-0.25, -0.2) is 36.0 Å². The van der Waals surface area contributed by atoms with E-state index < -0.39 is 30.2 Å². The fraction of sp³-hybridized carbons (Fsp3) is 0.917. The van der Waals surface area contributed by atoms with Gasteiger partial charge in [0.1, 0.15) is 6.10 Å². The molecule has 7 rings (SSSR count). The number of ether oxygens (including phenoxy) is 1. The number of urea groups is 3. The first-order valence-corrected chi connectivity index (χ1v) is 29.6. The summed E-state index contributed by atoms with van der Waals surface area (Å²) < 4.78 is 60.0. The minimum atomic E-state index is -3.38. The van der Waals surface area contributed by atoms with Crippen molar-refractivity contribution in [2.45, 2.75) is 263 Å². The number of amides is 7. The Balaban J connectivity index is 0.758. The lowest BCUT2D eigenvalue weighted by Gasteiger charge is -2.37. The molecule has 19 heteroatoms. The van der Waals surface area contributed by atoms with Crippen LogP contribution in [0.25, 0.3) is 0 Å². The Morgan fingerprint density at radius 2 is 0.731 bits per heavy atom. The number of nitrogens with one attached hydrogen (secondary N) is 7. The maximum Gasteiger partial charge on any atom is 0.407 e. The van der Waals surface area contributed by atoms with Crippen LogP contribution in [-0.2, 0) is 24.4 Å². The Morgan fingerprint density at radius 3 is 1.13 bits per heavy atom. The van der Waals surface area contributed by atoms with E-state index in [9.17, 15) is 36.0 Å². The van der Waals surface area contributed by atoms with E-state index in [2.05, 4.69) is 51.1 Å². The number of nitrogens with two attached hydrogens (primary N) is 1. The Bertz CT molecular complexity index is 1870. The zero-order valence-electron chi connectivity index (χ0n) is 40.3. The van der Waals surface area contributed by atoms with Gasteiger partial charge in [0.2, 0.25) is 0 Å². The molecule has 0 aliphatic heterocycles. The van der Waals surface area contributed by atoms with Crippen LogP contribution in [0.3, 0.4) is 0 Å². The summed E-state index contributed by atoms with van der Waals surface area (Å²) in [6.07, 6.45) is 19.0. The summed E-state index contributed by atoms with van der Waals surface area (Å²) in [7, 11) is -6.59. The predicted molar refractivity (Wildman–Crippen MR) is 259 cm³/mol. The lowest BCUT2D eigenvalue weighted by Crippen LogP contribution is -2.55. The third kappa shape index (κ3) is 14.5. The average Bonchev–Trinajstić information content (AvgIpc) is 3.29. The van der Waals surface area contributed by atoms with Crippen molar-refractivity contribution in [2.75, 3.05) is 0 Å². The fourth-order valence-corrected chi connectivity index (χ4v) is 17.4. The molecule has 7 fully saturated rings. The number of hydrogen-bond acceptors (Lipinski definition) is 10. The van der Waals surface area contributed by atoms with Gasteiger partial charge in [0, 0.05) is 48.3 Å². The molecule has 0 heterocycles. The molecule has 7 saturated carbocycles. The molecule has 7 aliphatic rings. The molecular formula is C48H84N8O9S2. The highest BCUT2D eigenvalue weighted by Crippen LogP contribution is 2.35. The zero-order chi connectivity index (χ0) is 47.7. The summed E-state index contributed by atoms with van der Waals surface area (Å²) >= 11 is 0. The molecule has 0 aromatic heterocycles. The van der Waals surface area contributed by atoms with Crippen molar-refractivity contribution in [3.05, 3.63) is 0 Å². The lowest BCUT2D eigenvalue weighted by atomic mass is 9.83. The molecule has 6 unspecified atom stereocenters. The van der Waals surface area contributed by atoms with E-state index in [4.69, 9.17) is 10.5 Å². The Morgan fingerprint density at radius 1 is 0.403 bits per heavy atom. The molecule has 0 spiro atoms. The monoisotopic (exact) mass is 981 g/mol. The van der Waals surface area contributed by atoms with Crippen molar-refractivity contribution in [3.8, 4) is 0 Å². The highest BCUT2D eigenvalue weighted by molar-refractivity contribution is 7.92. The second-order valence-corrected chi connectivity index (χ2v) is 27.0. The van der Waals surface area contributed by atoms with Gasteiger partial charge in [-0.3, -0.25) is 0 Å². The maximum atomic E-state index is 13.8. The fourth-order valence-electron chi connectivity index (χ4n) is 12.6. The molecule has 7 amide bonds. The van der Waals surface area contributed by atoms with E-state index >= 15 is 0 Å². The second kappa shape index (κ2) is 23.7. The largest absolute Gasteiger partial charge is 0.446 e. The van der Waals surface area contributed by atoms with Crippen molar-refractivity contribution in [1.82, 2.24) is 37.2 Å². The van der Waals surface area contributed by atoms with Crippen LogP contribution in [0.2, 0.25) is 0 Å². The normalized spacial score (nSPS) is 36.9. The van der Waals surface area contributed by atoms with Crippen molar-refractivity contribution in [2.24, 2.45) is 17.6 Å². The van der Waals surface area contributed by atoms with Gasteiger partial charge in [0.05, 0.1) is 21.0 Å². The van der Waals surface area contributed by atoms with Crippen LogP contribution in [0.5, 0.6) is 0 Å². The summed E-state index contributed by atoms with van der Waals surface area (Å²) in [6, 6.07) is -1.33. The first kappa shape index (κ1) is 51.8. The molecule has 17 nitrogen and oxygen atoms in total. The smallest absolute Gasteiger partial charge is 0.407 e. The maximum absolute atomic E-state index is 13.8. The Labute approximate surface area is 400 Å². The number of hydrogen-bond donors (Lipinski definition) is 8. The van der Waals surface area contributed by atoms with Crippen LogP contribution in [0.4, 0.5) is 19.2 Å². The van der Waals surface area contributed by atoms with Crippen LogP contribution in [0, 0.1) is 11.8 Å². The van der Waals surface area contributed by atoms with Gasteiger partial charge in [-0.1, -0.05) is 20.3 Å². The highest BCUT2D eigenvalue weighted by Gasteiger charge is 2.41. The predicted octanol–water partition coefficient (Wildman–Crippen LogP) is 6.09. The van der Waals surface area contributed by atoms with E-state index in [-0.39, 0.29) is 101 Å². The molecule has 0 saturated heterocycles. The number of alkyl carbamates (subject to hydrolysis) is 1. The third-order valence-electron chi connectivity index (χ3n) is 17.1. The molecule has 6 atom stereocenters. The van der Waals surface area contributed by atoms with Crippen LogP contribution in [0.1, 0.15) is 187 Å².